The number of ether oxygens (including phenoxy) is 1. The standard InChI is InChI=1S/C10H18N2O4/c1-7(3-9(14)15)12-8(13)4-16-10(2)5-11-6-10/h7,11H,3-6H2,1-2H3,(H,12,13)(H,14,15). The first-order valence-corrected chi connectivity index (χ1v) is 5.27. The molecule has 92 valence electrons. The topological polar surface area (TPSA) is 87.7 Å². The Kier molecular flexibility index (Phi) is 4.26. The Hall–Kier alpha value is -1.14. The Labute approximate surface area is 94.3 Å². The van der Waals surface area contributed by atoms with Crippen LogP contribution >= 0.6 is 0 Å². The number of carbonyl (C=O) groups is 2. The zero-order valence-electron chi connectivity index (χ0n) is 9.58. The lowest BCUT2D eigenvalue weighted by atomic mass is 10.0. The van der Waals surface area contributed by atoms with Gasteiger partial charge in [-0.1, -0.05) is 0 Å². The summed E-state index contributed by atoms with van der Waals surface area (Å²) in [6.45, 7) is 5.04. The molecular formula is C10H18N2O4. The minimum Gasteiger partial charge on any atom is -0.481 e. The zero-order valence-corrected chi connectivity index (χ0v) is 9.58. The van der Waals surface area contributed by atoms with Crippen LogP contribution in [0.1, 0.15) is 20.3 Å². The number of aliphatic carboxylic acids is 1. The van der Waals surface area contributed by atoms with Gasteiger partial charge in [-0.05, 0) is 13.8 Å². The van der Waals surface area contributed by atoms with Crippen molar-refractivity contribution in [3.05, 3.63) is 0 Å². The predicted molar refractivity (Wildman–Crippen MR) is 57.1 cm³/mol. The van der Waals surface area contributed by atoms with Crippen molar-refractivity contribution in [1.82, 2.24) is 10.6 Å². The molecule has 0 bridgehead atoms. The molecule has 1 atom stereocenters. The van der Waals surface area contributed by atoms with E-state index in [0.717, 1.165) is 13.1 Å². The molecule has 1 unspecified atom stereocenters. The fourth-order valence-electron chi connectivity index (χ4n) is 1.45. The molecule has 1 heterocycles. The fourth-order valence-corrected chi connectivity index (χ4v) is 1.45. The second kappa shape index (κ2) is 5.27. The number of nitrogens with one attached hydrogen (secondary N) is 2. The Morgan fingerprint density at radius 3 is 2.62 bits per heavy atom. The molecule has 1 fully saturated rings. The highest BCUT2D eigenvalue weighted by molar-refractivity contribution is 5.78. The van der Waals surface area contributed by atoms with Gasteiger partial charge in [0.2, 0.25) is 5.91 Å². The average molecular weight is 230 g/mol. The zero-order chi connectivity index (χ0) is 12.2. The summed E-state index contributed by atoms with van der Waals surface area (Å²) >= 11 is 0. The summed E-state index contributed by atoms with van der Waals surface area (Å²) in [6, 6.07) is -0.374. The molecule has 0 saturated carbocycles. The number of carboxylic acid groups (broad SMARTS) is 1. The lowest BCUT2D eigenvalue weighted by molar-refractivity contribution is -0.139. The van der Waals surface area contributed by atoms with Crippen molar-refractivity contribution in [1.29, 1.82) is 0 Å². The van der Waals surface area contributed by atoms with Crippen molar-refractivity contribution in [3.63, 3.8) is 0 Å². The summed E-state index contributed by atoms with van der Waals surface area (Å²) in [4.78, 5) is 21.7. The van der Waals surface area contributed by atoms with Crippen LogP contribution in [-0.2, 0) is 14.3 Å². The van der Waals surface area contributed by atoms with Gasteiger partial charge in [0.1, 0.15) is 6.61 Å². The molecule has 0 radical (unpaired) electrons. The normalized spacial score (nSPS) is 19.6. The molecule has 0 aromatic carbocycles. The third-order valence-corrected chi connectivity index (χ3v) is 2.44. The first-order valence-electron chi connectivity index (χ1n) is 5.27. The lowest BCUT2D eigenvalue weighted by Gasteiger charge is -2.38. The third-order valence-electron chi connectivity index (χ3n) is 2.44. The fraction of sp³-hybridized carbons (Fsp3) is 0.800. The SMILES string of the molecule is CC(CC(=O)O)NC(=O)COC1(C)CNC1. The van der Waals surface area contributed by atoms with Crippen LogP contribution < -0.4 is 10.6 Å². The summed E-state index contributed by atoms with van der Waals surface area (Å²) in [5.41, 5.74) is -0.257. The quantitative estimate of drug-likeness (QED) is 0.564. The number of hydrogen-bond donors (Lipinski definition) is 3. The second-order valence-electron chi connectivity index (χ2n) is 4.41. The van der Waals surface area contributed by atoms with E-state index in [-0.39, 0.29) is 30.6 Å². The van der Waals surface area contributed by atoms with Crippen molar-refractivity contribution in [3.8, 4) is 0 Å². The van der Waals surface area contributed by atoms with E-state index < -0.39 is 5.97 Å². The third kappa shape index (κ3) is 4.16. The van der Waals surface area contributed by atoms with Crippen molar-refractivity contribution in [2.24, 2.45) is 0 Å². The minimum atomic E-state index is -0.927. The summed E-state index contributed by atoms with van der Waals surface area (Å²) in [5, 5.41) is 14.1. The highest BCUT2D eigenvalue weighted by Crippen LogP contribution is 2.14. The Balaban J connectivity index is 2.17. The molecule has 0 aliphatic carbocycles. The van der Waals surface area contributed by atoms with E-state index >= 15 is 0 Å². The van der Waals surface area contributed by atoms with Crippen LogP contribution in [0.15, 0.2) is 0 Å². The molecule has 0 aromatic heterocycles. The molecule has 3 N–H and O–H groups in total. The second-order valence-corrected chi connectivity index (χ2v) is 4.41. The minimum absolute atomic E-state index is 0.0257. The number of rotatable bonds is 6. The van der Waals surface area contributed by atoms with Crippen LogP contribution in [-0.4, -0.2) is 48.3 Å². The summed E-state index contributed by atoms with van der Waals surface area (Å²) < 4.78 is 5.41. The summed E-state index contributed by atoms with van der Waals surface area (Å²) in [5.74, 6) is -1.20. The van der Waals surface area contributed by atoms with E-state index in [1.807, 2.05) is 6.92 Å². The van der Waals surface area contributed by atoms with Gasteiger partial charge in [0.25, 0.3) is 0 Å². The van der Waals surface area contributed by atoms with Gasteiger partial charge in [-0.2, -0.15) is 0 Å². The molecule has 6 nitrogen and oxygen atoms in total. The van der Waals surface area contributed by atoms with Gasteiger partial charge in [0, 0.05) is 19.1 Å². The molecule has 0 aromatic rings. The number of carbonyl (C=O) groups excluding carboxylic acids is 1. The Morgan fingerprint density at radius 2 is 2.19 bits per heavy atom. The predicted octanol–water partition coefficient (Wildman–Crippen LogP) is -0.656. The van der Waals surface area contributed by atoms with E-state index in [1.54, 1.807) is 6.92 Å². The Morgan fingerprint density at radius 1 is 1.56 bits per heavy atom. The van der Waals surface area contributed by atoms with Crippen LogP contribution in [0.2, 0.25) is 0 Å². The smallest absolute Gasteiger partial charge is 0.305 e. The molecule has 16 heavy (non-hydrogen) atoms. The van der Waals surface area contributed by atoms with Crippen molar-refractivity contribution in [2.75, 3.05) is 19.7 Å². The van der Waals surface area contributed by atoms with E-state index in [4.69, 9.17) is 9.84 Å². The summed E-state index contributed by atoms with van der Waals surface area (Å²) in [7, 11) is 0. The maximum absolute atomic E-state index is 11.4. The molecule has 1 aliphatic heterocycles. The van der Waals surface area contributed by atoms with Crippen molar-refractivity contribution in [2.45, 2.75) is 31.9 Å². The van der Waals surface area contributed by atoms with Gasteiger partial charge in [-0.15, -0.1) is 0 Å². The van der Waals surface area contributed by atoms with Gasteiger partial charge < -0.3 is 20.5 Å². The molecule has 1 amide bonds. The van der Waals surface area contributed by atoms with Gasteiger partial charge >= 0.3 is 5.97 Å². The van der Waals surface area contributed by atoms with Crippen molar-refractivity contribution >= 4 is 11.9 Å². The van der Waals surface area contributed by atoms with Gasteiger partial charge in [0.15, 0.2) is 0 Å². The first kappa shape index (κ1) is 12.9. The van der Waals surface area contributed by atoms with Crippen LogP contribution in [0, 0.1) is 0 Å². The Bertz CT molecular complexity index is 276. The highest BCUT2D eigenvalue weighted by atomic mass is 16.5. The van der Waals surface area contributed by atoms with E-state index in [2.05, 4.69) is 10.6 Å². The van der Waals surface area contributed by atoms with Crippen molar-refractivity contribution < 1.29 is 19.4 Å². The number of hydrogen-bond acceptors (Lipinski definition) is 4. The van der Waals surface area contributed by atoms with Gasteiger partial charge in [-0.3, -0.25) is 9.59 Å². The van der Waals surface area contributed by atoms with E-state index in [9.17, 15) is 9.59 Å². The molecule has 1 saturated heterocycles. The van der Waals surface area contributed by atoms with Gasteiger partial charge in [0.05, 0.1) is 12.0 Å². The average Bonchev–Trinajstić information content (AvgIpc) is 2.10. The maximum atomic E-state index is 11.4. The molecule has 0 spiro atoms. The largest absolute Gasteiger partial charge is 0.481 e. The van der Waals surface area contributed by atoms with Crippen LogP contribution in [0.25, 0.3) is 0 Å². The van der Waals surface area contributed by atoms with Crippen LogP contribution in [0.4, 0.5) is 0 Å². The van der Waals surface area contributed by atoms with Crippen LogP contribution in [0.5, 0.6) is 0 Å². The summed E-state index contributed by atoms with van der Waals surface area (Å²) in [6.07, 6.45) is -0.0788. The molecule has 6 heteroatoms. The molecule has 1 aliphatic rings. The van der Waals surface area contributed by atoms with E-state index in [1.165, 1.54) is 0 Å². The maximum Gasteiger partial charge on any atom is 0.305 e. The molecular weight excluding hydrogens is 212 g/mol. The molecule has 1 rings (SSSR count). The highest BCUT2D eigenvalue weighted by Gasteiger charge is 2.33. The monoisotopic (exact) mass is 230 g/mol. The number of carboxylic acids is 1. The van der Waals surface area contributed by atoms with Crippen LogP contribution in [0.3, 0.4) is 0 Å². The van der Waals surface area contributed by atoms with E-state index in [0.29, 0.717) is 0 Å². The lowest BCUT2D eigenvalue weighted by Crippen LogP contribution is -2.59. The first-order chi connectivity index (χ1) is 7.41. The van der Waals surface area contributed by atoms with Gasteiger partial charge in [-0.25, -0.2) is 0 Å². The number of amides is 1.